The van der Waals surface area contributed by atoms with Crippen molar-refractivity contribution in [2.75, 3.05) is 7.11 Å². The molecule has 0 N–H and O–H groups in total. The summed E-state index contributed by atoms with van der Waals surface area (Å²) in [6, 6.07) is 0. The normalized spacial score (nSPS) is 12.8. The summed E-state index contributed by atoms with van der Waals surface area (Å²) in [5.74, 6) is -0.239. The Labute approximate surface area is 60.1 Å². The molecule has 0 aromatic heterocycles. The van der Waals surface area contributed by atoms with Crippen LogP contribution in [0.5, 0.6) is 0 Å². The Kier molecular flexibility index (Phi) is 4.50. The molecule has 1 atom stereocenters. The van der Waals surface area contributed by atoms with Crippen LogP contribution in [-0.4, -0.2) is 18.5 Å². The van der Waals surface area contributed by atoms with Crippen LogP contribution >= 0.6 is 11.6 Å². The quantitative estimate of drug-likeness (QED) is 0.451. The van der Waals surface area contributed by atoms with Gasteiger partial charge in [-0.1, -0.05) is 6.92 Å². The molecule has 0 fully saturated rings. The Bertz CT molecular complexity index is 93.1. The van der Waals surface area contributed by atoms with Gasteiger partial charge in [-0.3, -0.25) is 4.79 Å². The van der Waals surface area contributed by atoms with Crippen molar-refractivity contribution in [3.05, 3.63) is 0 Å². The highest BCUT2D eigenvalue weighted by Gasteiger charge is 2.07. The summed E-state index contributed by atoms with van der Waals surface area (Å²) >= 11 is 5.64. The topological polar surface area (TPSA) is 26.3 Å². The lowest BCUT2D eigenvalue weighted by atomic mass is 10.2. The van der Waals surface area contributed by atoms with Crippen molar-refractivity contribution in [1.29, 1.82) is 0 Å². The molecule has 3 heteroatoms. The van der Waals surface area contributed by atoms with Crippen molar-refractivity contribution in [1.82, 2.24) is 0 Å². The van der Waals surface area contributed by atoms with E-state index < -0.39 is 0 Å². The first kappa shape index (κ1) is 8.76. The number of carbonyl (C=O) groups is 1. The Morgan fingerprint density at radius 3 is 2.67 bits per heavy atom. The van der Waals surface area contributed by atoms with Gasteiger partial charge in [0.05, 0.1) is 13.5 Å². The Morgan fingerprint density at radius 1 is 1.78 bits per heavy atom. The van der Waals surface area contributed by atoms with E-state index in [1.165, 1.54) is 7.11 Å². The Morgan fingerprint density at radius 2 is 2.33 bits per heavy atom. The highest BCUT2D eigenvalue weighted by Crippen LogP contribution is 2.06. The monoisotopic (exact) mass is 150 g/mol. The fourth-order valence-electron chi connectivity index (χ4n) is 0.409. The number of carbonyl (C=O) groups excluding carboxylic acids is 1. The third kappa shape index (κ3) is 4.28. The second-order valence-corrected chi connectivity index (χ2v) is 2.40. The van der Waals surface area contributed by atoms with Crippen LogP contribution in [0.3, 0.4) is 0 Å². The third-order valence-electron chi connectivity index (χ3n) is 1.06. The van der Waals surface area contributed by atoms with Gasteiger partial charge in [0, 0.05) is 5.38 Å². The second-order valence-electron chi connectivity index (χ2n) is 1.79. The van der Waals surface area contributed by atoms with Gasteiger partial charge >= 0.3 is 5.97 Å². The maximum absolute atomic E-state index is 10.5. The summed E-state index contributed by atoms with van der Waals surface area (Å²) in [5.41, 5.74) is 0. The van der Waals surface area contributed by atoms with Gasteiger partial charge in [0.2, 0.25) is 0 Å². The minimum Gasteiger partial charge on any atom is -0.469 e. The van der Waals surface area contributed by atoms with Gasteiger partial charge in [-0.2, -0.15) is 0 Å². The molecule has 0 aromatic carbocycles. The van der Waals surface area contributed by atoms with Crippen molar-refractivity contribution < 1.29 is 9.53 Å². The van der Waals surface area contributed by atoms with Gasteiger partial charge < -0.3 is 4.74 Å². The van der Waals surface area contributed by atoms with E-state index in [1.54, 1.807) is 0 Å². The molecule has 0 saturated heterocycles. The van der Waals surface area contributed by atoms with E-state index in [9.17, 15) is 4.79 Å². The Hall–Kier alpha value is -0.240. The molecule has 0 heterocycles. The van der Waals surface area contributed by atoms with Crippen LogP contribution in [0.4, 0.5) is 0 Å². The van der Waals surface area contributed by atoms with Gasteiger partial charge in [-0.25, -0.2) is 0 Å². The van der Waals surface area contributed by atoms with E-state index in [-0.39, 0.29) is 11.3 Å². The van der Waals surface area contributed by atoms with E-state index >= 15 is 0 Å². The molecule has 9 heavy (non-hydrogen) atoms. The van der Waals surface area contributed by atoms with Gasteiger partial charge in [0.15, 0.2) is 0 Å². The van der Waals surface area contributed by atoms with Crippen molar-refractivity contribution in [2.24, 2.45) is 0 Å². The number of hydrogen-bond acceptors (Lipinski definition) is 2. The average Bonchev–Trinajstić information content (AvgIpc) is 1.87. The first-order chi connectivity index (χ1) is 4.20. The molecule has 0 aliphatic rings. The van der Waals surface area contributed by atoms with Crippen molar-refractivity contribution in [3.8, 4) is 0 Å². The summed E-state index contributed by atoms with van der Waals surface area (Å²) in [5, 5.41) is -0.0718. The van der Waals surface area contributed by atoms with Crippen LogP contribution in [0.15, 0.2) is 0 Å². The lowest BCUT2D eigenvalue weighted by Gasteiger charge is -2.02. The molecule has 0 bridgehead atoms. The number of ether oxygens (including phenoxy) is 1. The van der Waals surface area contributed by atoms with E-state index in [1.807, 2.05) is 6.92 Å². The summed E-state index contributed by atoms with van der Waals surface area (Å²) in [6.07, 6.45) is 1.12. The number of methoxy groups -OCH3 is 1. The molecule has 2 nitrogen and oxygen atoms in total. The fraction of sp³-hybridized carbons (Fsp3) is 0.833. The first-order valence-corrected chi connectivity index (χ1v) is 3.35. The summed E-state index contributed by atoms with van der Waals surface area (Å²) < 4.78 is 4.40. The van der Waals surface area contributed by atoms with E-state index in [4.69, 9.17) is 11.6 Å². The molecule has 0 aliphatic carbocycles. The Balaban J connectivity index is 3.34. The summed E-state index contributed by atoms with van der Waals surface area (Å²) in [4.78, 5) is 10.5. The van der Waals surface area contributed by atoms with Crippen LogP contribution in [0, 0.1) is 0 Å². The minimum atomic E-state index is -0.239. The van der Waals surface area contributed by atoms with E-state index in [2.05, 4.69) is 4.74 Å². The first-order valence-electron chi connectivity index (χ1n) is 2.91. The maximum Gasteiger partial charge on any atom is 0.307 e. The minimum absolute atomic E-state index is 0.0718. The second kappa shape index (κ2) is 4.62. The predicted molar refractivity (Wildman–Crippen MR) is 36.6 cm³/mol. The summed E-state index contributed by atoms with van der Waals surface area (Å²) in [6.45, 7) is 1.93. The number of halogens is 1. The zero-order valence-corrected chi connectivity index (χ0v) is 6.44. The van der Waals surface area contributed by atoms with Gasteiger partial charge in [-0.15, -0.1) is 11.6 Å². The molecule has 0 radical (unpaired) electrons. The van der Waals surface area contributed by atoms with Crippen LogP contribution in [0.1, 0.15) is 19.8 Å². The largest absolute Gasteiger partial charge is 0.469 e. The molecule has 0 aliphatic heterocycles. The molecule has 0 aromatic rings. The molecule has 54 valence electrons. The average molecular weight is 151 g/mol. The zero-order chi connectivity index (χ0) is 7.28. The van der Waals surface area contributed by atoms with Crippen molar-refractivity contribution in [3.63, 3.8) is 0 Å². The lowest BCUT2D eigenvalue weighted by Crippen LogP contribution is -2.08. The molecule has 0 rings (SSSR count). The van der Waals surface area contributed by atoms with Crippen LogP contribution < -0.4 is 0 Å². The lowest BCUT2D eigenvalue weighted by molar-refractivity contribution is -0.140. The number of hydrogen-bond donors (Lipinski definition) is 0. The molecule has 1 unspecified atom stereocenters. The number of alkyl halides is 1. The molecular formula is C6H11ClO2. The van der Waals surface area contributed by atoms with E-state index in [0.717, 1.165) is 6.42 Å². The summed E-state index contributed by atoms with van der Waals surface area (Å²) in [7, 11) is 1.36. The van der Waals surface area contributed by atoms with Crippen molar-refractivity contribution >= 4 is 17.6 Å². The smallest absolute Gasteiger partial charge is 0.307 e. The standard InChI is InChI=1S/C6H11ClO2/c1-3-5(7)4-6(8)9-2/h5H,3-4H2,1-2H3. The highest BCUT2D eigenvalue weighted by molar-refractivity contribution is 6.21. The molecule has 0 saturated carbocycles. The SMILES string of the molecule is CCC(Cl)CC(=O)OC. The number of rotatable bonds is 3. The predicted octanol–water partition coefficient (Wildman–Crippen LogP) is 1.57. The van der Waals surface area contributed by atoms with Crippen molar-refractivity contribution in [2.45, 2.75) is 25.1 Å². The van der Waals surface area contributed by atoms with Gasteiger partial charge in [0.1, 0.15) is 0 Å². The zero-order valence-electron chi connectivity index (χ0n) is 5.69. The molecule has 0 spiro atoms. The fourth-order valence-corrected chi connectivity index (χ4v) is 0.535. The maximum atomic E-state index is 10.5. The third-order valence-corrected chi connectivity index (χ3v) is 1.52. The van der Waals surface area contributed by atoms with Crippen LogP contribution in [0.2, 0.25) is 0 Å². The van der Waals surface area contributed by atoms with Crippen LogP contribution in [-0.2, 0) is 9.53 Å². The van der Waals surface area contributed by atoms with E-state index in [0.29, 0.717) is 6.42 Å². The highest BCUT2D eigenvalue weighted by atomic mass is 35.5. The van der Waals surface area contributed by atoms with Gasteiger partial charge in [-0.05, 0) is 6.42 Å². The molecule has 0 amide bonds. The molecular weight excluding hydrogens is 140 g/mol. The van der Waals surface area contributed by atoms with Gasteiger partial charge in [0.25, 0.3) is 0 Å². The number of esters is 1. The van der Waals surface area contributed by atoms with Crippen LogP contribution in [0.25, 0.3) is 0 Å².